The molecular formula is C19H17FN2O4. The van der Waals surface area contributed by atoms with E-state index in [-0.39, 0.29) is 29.0 Å². The summed E-state index contributed by atoms with van der Waals surface area (Å²) in [6, 6.07) is 7.07. The summed E-state index contributed by atoms with van der Waals surface area (Å²) in [5.74, 6) is -0.583. The number of anilines is 1. The summed E-state index contributed by atoms with van der Waals surface area (Å²) in [5.41, 5.74) is 0.981. The Kier molecular flexibility index (Phi) is 3.79. The van der Waals surface area contributed by atoms with E-state index in [1.54, 1.807) is 18.2 Å². The number of para-hydroxylation sites is 1. The lowest BCUT2D eigenvalue weighted by Gasteiger charge is -2.37. The summed E-state index contributed by atoms with van der Waals surface area (Å²) >= 11 is 0. The highest BCUT2D eigenvalue weighted by Gasteiger charge is 2.43. The molecule has 2 aromatic rings. The third-order valence-corrected chi connectivity index (χ3v) is 5.23. The highest BCUT2D eigenvalue weighted by Crippen LogP contribution is 2.54. The lowest BCUT2D eigenvalue weighted by atomic mass is 9.76. The minimum absolute atomic E-state index is 0.00700. The van der Waals surface area contributed by atoms with Gasteiger partial charge >= 0.3 is 0 Å². The van der Waals surface area contributed by atoms with Gasteiger partial charge < -0.3 is 15.2 Å². The second-order valence-electron chi connectivity index (χ2n) is 6.49. The number of phenolic OH excluding ortho intramolecular Hbond substituents is 1. The van der Waals surface area contributed by atoms with Gasteiger partial charge in [0, 0.05) is 17.5 Å². The minimum Gasteiger partial charge on any atom is -0.504 e. The molecule has 3 unspecified atom stereocenters. The summed E-state index contributed by atoms with van der Waals surface area (Å²) in [6.07, 6.45) is 4.51. The zero-order chi connectivity index (χ0) is 18.4. The van der Waals surface area contributed by atoms with Crippen LogP contribution in [0, 0.1) is 21.8 Å². The zero-order valence-corrected chi connectivity index (χ0v) is 14.0. The molecule has 0 amide bonds. The molecule has 0 bridgehead atoms. The van der Waals surface area contributed by atoms with E-state index in [1.165, 1.54) is 13.2 Å². The Morgan fingerprint density at radius 2 is 2.15 bits per heavy atom. The molecule has 3 atom stereocenters. The number of hydrogen-bond acceptors (Lipinski definition) is 5. The normalized spacial score (nSPS) is 23.1. The van der Waals surface area contributed by atoms with Crippen LogP contribution in [0.15, 0.2) is 42.5 Å². The van der Waals surface area contributed by atoms with Crippen molar-refractivity contribution in [1.82, 2.24) is 0 Å². The number of aromatic hydroxyl groups is 1. The molecular weight excluding hydrogens is 339 g/mol. The number of fused-ring (bicyclic) bond motifs is 3. The molecule has 1 heterocycles. The van der Waals surface area contributed by atoms with Gasteiger partial charge in [-0.25, -0.2) is 4.39 Å². The number of nitrogens with zero attached hydrogens (tertiary/aromatic N) is 1. The van der Waals surface area contributed by atoms with Crippen molar-refractivity contribution >= 4 is 11.4 Å². The van der Waals surface area contributed by atoms with Crippen molar-refractivity contribution < 1.29 is 19.2 Å². The van der Waals surface area contributed by atoms with E-state index in [1.807, 2.05) is 12.2 Å². The number of hydrogen-bond donors (Lipinski definition) is 2. The second kappa shape index (κ2) is 6.01. The Balaban J connectivity index is 1.89. The number of ether oxygens (including phenoxy) is 1. The van der Waals surface area contributed by atoms with Crippen molar-refractivity contribution in [2.45, 2.75) is 18.4 Å². The maximum atomic E-state index is 14.5. The third kappa shape index (κ3) is 2.31. The van der Waals surface area contributed by atoms with E-state index < -0.39 is 16.8 Å². The van der Waals surface area contributed by atoms with Crippen LogP contribution in [-0.4, -0.2) is 17.1 Å². The Morgan fingerprint density at radius 1 is 1.35 bits per heavy atom. The van der Waals surface area contributed by atoms with Gasteiger partial charge in [-0.05, 0) is 24.5 Å². The molecule has 7 heteroatoms. The predicted molar refractivity (Wildman–Crippen MR) is 94.1 cm³/mol. The summed E-state index contributed by atoms with van der Waals surface area (Å²) in [4.78, 5) is 11.0. The number of methoxy groups -OCH3 is 1. The summed E-state index contributed by atoms with van der Waals surface area (Å²) < 4.78 is 19.7. The smallest absolute Gasteiger partial charge is 0.275 e. The fraction of sp³-hybridized carbons (Fsp3) is 0.263. The number of halogens is 1. The molecule has 2 aliphatic rings. The van der Waals surface area contributed by atoms with Crippen molar-refractivity contribution in [1.29, 1.82) is 0 Å². The fourth-order valence-corrected chi connectivity index (χ4v) is 4.08. The van der Waals surface area contributed by atoms with Crippen molar-refractivity contribution in [3.05, 3.63) is 69.5 Å². The first-order valence-corrected chi connectivity index (χ1v) is 8.28. The largest absolute Gasteiger partial charge is 0.504 e. The predicted octanol–water partition coefficient (Wildman–Crippen LogP) is 4.27. The lowest BCUT2D eigenvalue weighted by molar-refractivity contribution is -0.385. The van der Waals surface area contributed by atoms with Crippen LogP contribution in [-0.2, 0) is 0 Å². The van der Waals surface area contributed by atoms with Gasteiger partial charge in [-0.2, -0.15) is 0 Å². The molecule has 6 nitrogen and oxygen atoms in total. The van der Waals surface area contributed by atoms with Crippen LogP contribution in [0.4, 0.5) is 15.8 Å². The van der Waals surface area contributed by atoms with Crippen molar-refractivity contribution in [2.24, 2.45) is 5.92 Å². The highest BCUT2D eigenvalue weighted by molar-refractivity contribution is 5.68. The average molecular weight is 356 g/mol. The number of benzene rings is 2. The molecule has 134 valence electrons. The summed E-state index contributed by atoms with van der Waals surface area (Å²) in [6.45, 7) is 0. The summed E-state index contributed by atoms with van der Waals surface area (Å²) in [7, 11) is 1.46. The SMILES string of the molecule is COc1cccc(C2Nc3c(F)ccc([N+](=O)[O-])c3C3C=CCC32)c1O. The molecule has 4 rings (SSSR count). The molecule has 0 radical (unpaired) electrons. The maximum absolute atomic E-state index is 14.5. The number of allylic oxidation sites excluding steroid dienone is 2. The van der Waals surface area contributed by atoms with Crippen molar-refractivity contribution in [2.75, 3.05) is 12.4 Å². The minimum atomic E-state index is -0.545. The molecule has 1 aliphatic carbocycles. The summed E-state index contributed by atoms with van der Waals surface area (Å²) in [5, 5.41) is 25.1. The van der Waals surface area contributed by atoms with Crippen LogP contribution >= 0.6 is 0 Å². The molecule has 2 aromatic carbocycles. The second-order valence-corrected chi connectivity index (χ2v) is 6.49. The number of phenols is 1. The van der Waals surface area contributed by atoms with Gasteiger partial charge in [0.15, 0.2) is 11.5 Å². The van der Waals surface area contributed by atoms with E-state index in [9.17, 15) is 19.6 Å². The Morgan fingerprint density at radius 3 is 2.88 bits per heavy atom. The molecule has 26 heavy (non-hydrogen) atoms. The van der Waals surface area contributed by atoms with E-state index in [0.29, 0.717) is 23.3 Å². The van der Waals surface area contributed by atoms with Gasteiger partial charge in [0.05, 0.1) is 29.3 Å². The van der Waals surface area contributed by atoms with Gasteiger partial charge in [-0.3, -0.25) is 10.1 Å². The fourth-order valence-electron chi connectivity index (χ4n) is 4.08. The first-order chi connectivity index (χ1) is 12.5. The van der Waals surface area contributed by atoms with Crippen molar-refractivity contribution in [3.8, 4) is 11.5 Å². The topological polar surface area (TPSA) is 84.6 Å². The Labute approximate surface area is 149 Å². The van der Waals surface area contributed by atoms with Gasteiger partial charge in [-0.15, -0.1) is 0 Å². The Hall–Kier alpha value is -3.09. The number of nitro benzene ring substituents is 1. The van der Waals surface area contributed by atoms with Crippen LogP contribution in [0.2, 0.25) is 0 Å². The van der Waals surface area contributed by atoms with E-state index in [4.69, 9.17) is 4.74 Å². The van der Waals surface area contributed by atoms with E-state index >= 15 is 0 Å². The molecule has 0 saturated carbocycles. The standard InChI is InChI=1S/C19H17FN2O4/c1-26-15-7-3-6-12(19(15)23)17-11-5-2-4-10(11)16-14(22(24)25)9-8-13(20)18(16)21-17/h2-4,6-11,17,21,23H,5H2,1H3. The number of nitrogens with one attached hydrogen (secondary N) is 1. The maximum Gasteiger partial charge on any atom is 0.275 e. The van der Waals surface area contributed by atoms with Crippen LogP contribution in [0.25, 0.3) is 0 Å². The van der Waals surface area contributed by atoms with Gasteiger partial charge in [0.25, 0.3) is 5.69 Å². The van der Waals surface area contributed by atoms with Crippen LogP contribution in [0.1, 0.15) is 29.5 Å². The van der Waals surface area contributed by atoms with Crippen LogP contribution in [0.3, 0.4) is 0 Å². The molecule has 0 aromatic heterocycles. The molecule has 1 aliphatic heterocycles. The van der Waals surface area contributed by atoms with Gasteiger partial charge in [0.2, 0.25) is 0 Å². The number of rotatable bonds is 3. The molecule has 0 spiro atoms. The monoisotopic (exact) mass is 356 g/mol. The average Bonchev–Trinajstić information content (AvgIpc) is 3.11. The van der Waals surface area contributed by atoms with Crippen LogP contribution < -0.4 is 10.1 Å². The number of nitro groups is 1. The highest BCUT2D eigenvalue weighted by atomic mass is 19.1. The van der Waals surface area contributed by atoms with E-state index in [0.717, 1.165) is 6.07 Å². The van der Waals surface area contributed by atoms with E-state index in [2.05, 4.69) is 5.32 Å². The van der Waals surface area contributed by atoms with Gasteiger partial charge in [-0.1, -0.05) is 24.3 Å². The van der Waals surface area contributed by atoms with Gasteiger partial charge in [0.1, 0.15) is 5.82 Å². The molecule has 2 N–H and O–H groups in total. The molecule has 0 saturated heterocycles. The Bertz CT molecular complexity index is 928. The third-order valence-electron chi connectivity index (χ3n) is 5.23. The first kappa shape index (κ1) is 16.4. The quantitative estimate of drug-likeness (QED) is 0.487. The van der Waals surface area contributed by atoms with Crippen molar-refractivity contribution in [3.63, 3.8) is 0 Å². The van der Waals surface area contributed by atoms with Crippen LogP contribution in [0.5, 0.6) is 11.5 Å². The zero-order valence-electron chi connectivity index (χ0n) is 14.0. The molecule has 0 fully saturated rings. The lowest BCUT2D eigenvalue weighted by Crippen LogP contribution is -2.30. The first-order valence-electron chi connectivity index (χ1n) is 8.28.